The summed E-state index contributed by atoms with van der Waals surface area (Å²) < 4.78 is 13.6. The van der Waals surface area contributed by atoms with Crippen LogP contribution in [0.1, 0.15) is 10.5 Å². The molecule has 18 heavy (non-hydrogen) atoms. The van der Waals surface area contributed by atoms with E-state index in [-0.39, 0.29) is 10.8 Å². The minimum absolute atomic E-state index is 0.0997. The van der Waals surface area contributed by atoms with Gasteiger partial charge in [-0.2, -0.15) is 0 Å². The third-order valence-corrected chi connectivity index (χ3v) is 2.87. The van der Waals surface area contributed by atoms with E-state index in [1.165, 1.54) is 24.5 Å². The number of carbonyl (C=O) groups excluding carboxylic acids is 1. The third-order valence-electron chi connectivity index (χ3n) is 2.03. The summed E-state index contributed by atoms with van der Waals surface area (Å²) in [6, 6.07) is 4.26. The van der Waals surface area contributed by atoms with E-state index in [0.29, 0.717) is 10.2 Å². The van der Waals surface area contributed by atoms with Gasteiger partial charge in [0.1, 0.15) is 16.7 Å². The van der Waals surface area contributed by atoms with Crippen molar-refractivity contribution in [1.82, 2.24) is 9.97 Å². The van der Waals surface area contributed by atoms with Gasteiger partial charge in [0.15, 0.2) is 0 Å². The van der Waals surface area contributed by atoms with Crippen molar-refractivity contribution in [1.29, 1.82) is 0 Å². The Labute approximate surface area is 115 Å². The highest BCUT2D eigenvalue weighted by atomic mass is 79.9. The van der Waals surface area contributed by atoms with Crippen molar-refractivity contribution in [2.45, 2.75) is 0 Å². The van der Waals surface area contributed by atoms with Crippen LogP contribution in [0.15, 0.2) is 35.1 Å². The van der Waals surface area contributed by atoms with E-state index in [9.17, 15) is 9.18 Å². The van der Waals surface area contributed by atoms with E-state index in [2.05, 4.69) is 31.2 Å². The van der Waals surface area contributed by atoms with Gasteiger partial charge in [-0.1, -0.05) is 11.6 Å². The summed E-state index contributed by atoms with van der Waals surface area (Å²) in [7, 11) is 0. The van der Waals surface area contributed by atoms with Crippen molar-refractivity contribution in [3.05, 3.63) is 51.7 Å². The Bertz CT molecular complexity index is 591. The topological polar surface area (TPSA) is 54.9 Å². The van der Waals surface area contributed by atoms with Gasteiger partial charge in [0.05, 0.1) is 16.9 Å². The smallest absolute Gasteiger partial charge is 0.275 e. The second kappa shape index (κ2) is 5.41. The van der Waals surface area contributed by atoms with Gasteiger partial charge >= 0.3 is 0 Å². The molecular formula is C11H6BrClFN3O. The van der Waals surface area contributed by atoms with Crippen LogP contribution >= 0.6 is 27.5 Å². The van der Waals surface area contributed by atoms with Crippen molar-refractivity contribution >= 4 is 39.1 Å². The number of benzene rings is 1. The van der Waals surface area contributed by atoms with Crippen LogP contribution in [0.2, 0.25) is 5.15 Å². The Morgan fingerprint density at radius 2 is 2.11 bits per heavy atom. The van der Waals surface area contributed by atoms with Gasteiger partial charge in [-0.15, -0.1) is 0 Å². The molecule has 4 nitrogen and oxygen atoms in total. The first kappa shape index (κ1) is 12.9. The number of amides is 1. The summed E-state index contributed by atoms with van der Waals surface area (Å²) in [5.74, 6) is -0.948. The Morgan fingerprint density at radius 1 is 1.33 bits per heavy atom. The van der Waals surface area contributed by atoms with Crippen LogP contribution < -0.4 is 5.32 Å². The molecule has 0 fully saturated rings. The zero-order chi connectivity index (χ0) is 13.1. The summed E-state index contributed by atoms with van der Waals surface area (Å²) in [5, 5.41) is 2.70. The molecule has 2 aromatic rings. The van der Waals surface area contributed by atoms with E-state index in [1.54, 1.807) is 6.07 Å². The molecule has 0 aliphatic rings. The van der Waals surface area contributed by atoms with E-state index in [4.69, 9.17) is 11.6 Å². The molecule has 1 amide bonds. The SMILES string of the molecule is O=C(Nc1ccc(Br)c(F)c1)c1cnc(Cl)cn1. The van der Waals surface area contributed by atoms with Crippen LogP contribution in [0, 0.1) is 5.82 Å². The fourth-order valence-corrected chi connectivity index (χ4v) is 1.54. The lowest BCUT2D eigenvalue weighted by Gasteiger charge is -2.05. The molecule has 0 aliphatic carbocycles. The average Bonchev–Trinajstić information content (AvgIpc) is 2.34. The van der Waals surface area contributed by atoms with E-state index < -0.39 is 11.7 Å². The van der Waals surface area contributed by atoms with Gasteiger partial charge in [0, 0.05) is 5.69 Å². The van der Waals surface area contributed by atoms with E-state index in [0.717, 1.165) is 0 Å². The number of nitrogens with zero attached hydrogens (tertiary/aromatic N) is 2. The molecule has 7 heteroatoms. The molecule has 0 saturated heterocycles. The maximum atomic E-state index is 13.2. The molecule has 1 aromatic heterocycles. The maximum Gasteiger partial charge on any atom is 0.275 e. The second-order valence-electron chi connectivity index (χ2n) is 3.31. The Morgan fingerprint density at radius 3 is 2.72 bits per heavy atom. The van der Waals surface area contributed by atoms with E-state index in [1.807, 2.05) is 0 Å². The molecule has 0 unspecified atom stereocenters. The van der Waals surface area contributed by atoms with Gasteiger partial charge in [0.2, 0.25) is 0 Å². The molecule has 1 aromatic carbocycles. The van der Waals surface area contributed by atoms with Gasteiger partial charge in [-0.25, -0.2) is 14.4 Å². The quantitative estimate of drug-likeness (QED) is 0.919. The van der Waals surface area contributed by atoms with Crippen molar-refractivity contribution in [2.75, 3.05) is 5.32 Å². The summed E-state index contributed by atoms with van der Waals surface area (Å²) >= 11 is 8.58. The minimum Gasteiger partial charge on any atom is -0.321 e. The first-order valence-corrected chi connectivity index (χ1v) is 5.97. The lowest BCUT2D eigenvalue weighted by atomic mass is 10.3. The maximum absolute atomic E-state index is 13.2. The van der Waals surface area contributed by atoms with Crippen LogP contribution in [0.25, 0.3) is 0 Å². The molecule has 0 atom stereocenters. The lowest BCUT2D eigenvalue weighted by Crippen LogP contribution is -2.14. The first-order valence-electron chi connectivity index (χ1n) is 4.80. The molecule has 1 N–H and O–H groups in total. The van der Waals surface area contributed by atoms with Crippen LogP contribution in [-0.2, 0) is 0 Å². The highest BCUT2D eigenvalue weighted by Gasteiger charge is 2.09. The number of hydrogen-bond acceptors (Lipinski definition) is 3. The van der Waals surface area contributed by atoms with Crippen molar-refractivity contribution in [2.24, 2.45) is 0 Å². The largest absolute Gasteiger partial charge is 0.321 e. The Balaban J connectivity index is 2.16. The standard InChI is InChI=1S/C11H6BrClFN3O/c12-7-2-1-6(3-8(7)14)17-11(18)9-4-16-10(13)5-15-9/h1-5H,(H,17,18). The Hall–Kier alpha value is -1.53. The second-order valence-corrected chi connectivity index (χ2v) is 4.55. The fraction of sp³-hybridized carbons (Fsp3) is 0. The van der Waals surface area contributed by atoms with E-state index >= 15 is 0 Å². The third kappa shape index (κ3) is 3.02. The molecule has 0 aliphatic heterocycles. The predicted molar refractivity (Wildman–Crippen MR) is 69.1 cm³/mol. The highest BCUT2D eigenvalue weighted by Crippen LogP contribution is 2.19. The van der Waals surface area contributed by atoms with Crippen LogP contribution in [0.3, 0.4) is 0 Å². The molecule has 0 bridgehead atoms. The summed E-state index contributed by atoms with van der Waals surface area (Å²) in [6.07, 6.45) is 2.51. The average molecular weight is 331 g/mol. The van der Waals surface area contributed by atoms with Crippen LogP contribution in [0.5, 0.6) is 0 Å². The number of carbonyl (C=O) groups is 1. The molecule has 2 rings (SSSR count). The molecule has 1 heterocycles. The zero-order valence-corrected chi connectivity index (χ0v) is 11.2. The van der Waals surface area contributed by atoms with Crippen LogP contribution in [-0.4, -0.2) is 15.9 Å². The number of hydrogen-bond donors (Lipinski definition) is 1. The van der Waals surface area contributed by atoms with Crippen molar-refractivity contribution in [3.63, 3.8) is 0 Å². The molecule has 0 spiro atoms. The predicted octanol–water partition coefficient (Wildman–Crippen LogP) is 3.28. The highest BCUT2D eigenvalue weighted by molar-refractivity contribution is 9.10. The zero-order valence-electron chi connectivity index (χ0n) is 8.82. The van der Waals surface area contributed by atoms with Gasteiger partial charge in [-0.3, -0.25) is 4.79 Å². The fourth-order valence-electron chi connectivity index (χ4n) is 1.20. The number of halogens is 3. The first-order chi connectivity index (χ1) is 8.56. The normalized spacial score (nSPS) is 10.2. The van der Waals surface area contributed by atoms with Crippen LogP contribution in [0.4, 0.5) is 10.1 Å². The van der Waals surface area contributed by atoms with Gasteiger partial charge in [0.25, 0.3) is 5.91 Å². The number of nitrogens with one attached hydrogen (secondary N) is 1. The summed E-state index contributed by atoms with van der Waals surface area (Å²) in [4.78, 5) is 19.3. The molecular weight excluding hydrogens is 324 g/mol. The van der Waals surface area contributed by atoms with Crippen molar-refractivity contribution in [3.8, 4) is 0 Å². The monoisotopic (exact) mass is 329 g/mol. The number of aromatic nitrogens is 2. The Kier molecular flexibility index (Phi) is 3.88. The summed E-state index contributed by atoms with van der Waals surface area (Å²) in [6.45, 7) is 0. The summed E-state index contributed by atoms with van der Waals surface area (Å²) in [5.41, 5.74) is 0.431. The molecule has 0 saturated carbocycles. The molecule has 92 valence electrons. The lowest BCUT2D eigenvalue weighted by molar-refractivity contribution is 0.102. The number of rotatable bonds is 2. The number of anilines is 1. The van der Waals surface area contributed by atoms with Crippen molar-refractivity contribution < 1.29 is 9.18 Å². The van der Waals surface area contributed by atoms with Gasteiger partial charge < -0.3 is 5.32 Å². The van der Waals surface area contributed by atoms with Gasteiger partial charge in [-0.05, 0) is 34.1 Å². The molecule has 0 radical (unpaired) electrons. The minimum atomic E-state index is -0.485.